The summed E-state index contributed by atoms with van der Waals surface area (Å²) in [5.74, 6) is 0.303. The van der Waals surface area contributed by atoms with Gasteiger partial charge in [-0.05, 0) is 56.9 Å². The molecule has 1 aromatic rings. The largest absolute Gasteiger partial charge is 0.454 e. The number of halogens is 1. The average molecular weight is 380 g/mol. The monoisotopic (exact) mass is 379 g/mol. The predicted molar refractivity (Wildman–Crippen MR) is 97.2 cm³/mol. The molecule has 1 aromatic carbocycles. The van der Waals surface area contributed by atoms with Gasteiger partial charge in [0.2, 0.25) is 6.79 Å². The molecule has 3 rings (SSSR count). The minimum absolute atomic E-state index is 0.125. The van der Waals surface area contributed by atoms with Crippen molar-refractivity contribution in [2.24, 2.45) is 0 Å². The maximum Gasteiger partial charge on any atom is 0.331 e. The number of likely N-dealkylation sites (tertiary alicyclic amines) is 1. The van der Waals surface area contributed by atoms with Crippen LogP contribution in [0.25, 0.3) is 6.08 Å². The second-order valence-corrected chi connectivity index (χ2v) is 7.01. The van der Waals surface area contributed by atoms with Crippen molar-refractivity contribution in [2.45, 2.75) is 45.2 Å². The summed E-state index contributed by atoms with van der Waals surface area (Å²) in [5.41, 5.74) is 0.681. The van der Waals surface area contributed by atoms with E-state index in [0.29, 0.717) is 22.1 Å². The van der Waals surface area contributed by atoms with Crippen LogP contribution in [-0.4, -0.2) is 42.3 Å². The second-order valence-electron chi connectivity index (χ2n) is 6.61. The van der Waals surface area contributed by atoms with Crippen molar-refractivity contribution in [1.82, 2.24) is 4.90 Å². The molecule has 2 aliphatic rings. The van der Waals surface area contributed by atoms with Gasteiger partial charge in [-0.25, -0.2) is 4.79 Å². The molecule has 2 aliphatic heterocycles. The summed E-state index contributed by atoms with van der Waals surface area (Å²) in [4.78, 5) is 26.1. The molecule has 1 saturated heterocycles. The fraction of sp³-hybridized carbons (Fsp3) is 0.474. The highest BCUT2D eigenvalue weighted by Gasteiger charge is 2.29. The average Bonchev–Trinajstić information content (AvgIpc) is 3.07. The van der Waals surface area contributed by atoms with E-state index in [9.17, 15) is 9.59 Å². The smallest absolute Gasteiger partial charge is 0.331 e. The van der Waals surface area contributed by atoms with Gasteiger partial charge in [0.05, 0.1) is 5.02 Å². The third-order valence-electron chi connectivity index (χ3n) is 4.68. The Morgan fingerprint density at radius 3 is 2.73 bits per heavy atom. The molecule has 26 heavy (non-hydrogen) atoms. The van der Waals surface area contributed by atoms with Crippen LogP contribution in [-0.2, 0) is 14.3 Å². The summed E-state index contributed by atoms with van der Waals surface area (Å²) >= 11 is 6.10. The molecule has 140 valence electrons. The quantitative estimate of drug-likeness (QED) is 0.592. The van der Waals surface area contributed by atoms with Crippen molar-refractivity contribution in [1.29, 1.82) is 0 Å². The summed E-state index contributed by atoms with van der Waals surface area (Å²) in [6.07, 6.45) is 5.91. The van der Waals surface area contributed by atoms with Gasteiger partial charge < -0.3 is 19.1 Å². The highest BCUT2D eigenvalue weighted by atomic mass is 35.5. The Morgan fingerprint density at radius 1 is 1.27 bits per heavy atom. The fourth-order valence-electron chi connectivity index (χ4n) is 3.42. The molecule has 1 amide bonds. The Morgan fingerprint density at radius 2 is 2.00 bits per heavy atom. The van der Waals surface area contributed by atoms with Gasteiger partial charge in [-0.15, -0.1) is 0 Å². The SMILES string of the molecule is C[C@@H]1CCC[C@@H](C)N1C(=O)COC(=O)/C=C/c1cc(Cl)c2c(c1)OCO2. The zero-order chi connectivity index (χ0) is 18.7. The van der Waals surface area contributed by atoms with Crippen molar-refractivity contribution in [3.8, 4) is 11.5 Å². The molecular formula is C19H22ClNO5. The number of amides is 1. The van der Waals surface area contributed by atoms with Crippen LogP contribution in [0.3, 0.4) is 0 Å². The van der Waals surface area contributed by atoms with Crippen LogP contribution in [0.5, 0.6) is 11.5 Å². The molecule has 6 nitrogen and oxygen atoms in total. The van der Waals surface area contributed by atoms with Crippen LogP contribution in [0.1, 0.15) is 38.7 Å². The van der Waals surface area contributed by atoms with Gasteiger partial charge in [-0.2, -0.15) is 0 Å². The number of nitrogens with zero attached hydrogens (tertiary/aromatic N) is 1. The molecule has 0 radical (unpaired) electrons. The molecule has 0 saturated carbocycles. The number of rotatable bonds is 4. The maximum absolute atomic E-state index is 12.3. The van der Waals surface area contributed by atoms with Crippen LogP contribution in [0.15, 0.2) is 18.2 Å². The number of hydrogen-bond donors (Lipinski definition) is 0. The van der Waals surface area contributed by atoms with Crippen molar-refractivity contribution < 1.29 is 23.8 Å². The van der Waals surface area contributed by atoms with Crippen LogP contribution in [0, 0.1) is 0 Å². The summed E-state index contributed by atoms with van der Waals surface area (Å²) in [6, 6.07) is 3.74. The zero-order valence-corrected chi connectivity index (χ0v) is 15.6. The first-order valence-corrected chi connectivity index (χ1v) is 9.08. The molecule has 0 aliphatic carbocycles. The minimum atomic E-state index is -0.579. The van der Waals surface area contributed by atoms with E-state index in [-0.39, 0.29) is 31.4 Å². The van der Waals surface area contributed by atoms with Crippen LogP contribution in [0.4, 0.5) is 0 Å². The lowest BCUT2D eigenvalue weighted by molar-refractivity contribution is -0.151. The Balaban J connectivity index is 1.55. The van der Waals surface area contributed by atoms with Gasteiger partial charge >= 0.3 is 5.97 Å². The van der Waals surface area contributed by atoms with E-state index in [1.807, 2.05) is 18.7 Å². The fourth-order valence-corrected chi connectivity index (χ4v) is 3.69. The van der Waals surface area contributed by atoms with Gasteiger partial charge in [-0.1, -0.05) is 11.6 Å². The molecule has 1 fully saturated rings. The summed E-state index contributed by atoms with van der Waals surface area (Å²) < 4.78 is 15.6. The first kappa shape index (κ1) is 18.6. The molecular weight excluding hydrogens is 358 g/mol. The van der Waals surface area contributed by atoms with E-state index >= 15 is 0 Å². The number of fused-ring (bicyclic) bond motifs is 1. The number of carbonyl (C=O) groups excluding carboxylic acids is 2. The zero-order valence-electron chi connectivity index (χ0n) is 14.9. The highest BCUT2D eigenvalue weighted by molar-refractivity contribution is 6.32. The number of ether oxygens (including phenoxy) is 3. The van der Waals surface area contributed by atoms with Crippen molar-refractivity contribution in [3.63, 3.8) is 0 Å². The molecule has 2 atom stereocenters. The molecule has 2 heterocycles. The van der Waals surface area contributed by atoms with Crippen LogP contribution < -0.4 is 9.47 Å². The molecule has 0 unspecified atom stereocenters. The maximum atomic E-state index is 12.3. The lowest BCUT2D eigenvalue weighted by atomic mass is 9.97. The molecule has 0 spiro atoms. The first-order valence-electron chi connectivity index (χ1n) is 8.71. The Bertz CT molecular complexity index is 723. The first-order chi connectivity index (χ1) is 12.5. The summed E-state index contributed by atoms with van der Waals surface area (Å²) in [5, 5.41) is 0.413. The predicted octanol–water partition coefficient (Wildman–Crippen LogP) is 3.41. The van der Waals surface area contributed by atoms with Crippen LogP contribution in [0.2, 0.25) is 5.02 Å². The Kier molecular flexibility index (Phi) is 5.71. The lowest BCUT2D eigenvalue weighted by Crippen LogP contribution is -2.49. The van der Waals surface area contributed by atoms with Gasteiger partial charge in [-0.3, -0.25) is 4.79 Å². The topological polar surface area (TPSA) is 65.1 Å². The second kappa shape index (κ2) is 7.99. The van der Waals surface area contributed by atoms with Gasteiger partial charge in [0.1, 0.15) is 0 Å². The number of piperidine rings is 1. The number of esters is 1. The van der Waals surface area contributed by atoms with Crippen molar-refractivity contribution >= 4 is 29.6 Å². The normalized spacial score (nSPS) is 21.9. The van der Waals surface area contributed by atoms with Gasteiger partial charge in [0.15, 0.2) is 18.1 Å². The summed E-state index contributed by atoms with van der Waals surface area (Å²) in [6.45, 7) is 3.93. The molecule has 0 N–H and O–H groups in total. The van der Waals surface area contributed by atoms with Gasteiger partial charge in [0, 0.05) is 18.2 Å². The number of hydrogen-bond acceptors (Lipinski definition) is 5. The number of benzene rings is 1. The Hall–Kier alpha value is -2.21. The van der Waals surface area contributed by atoms with Crippen molar-refractivity contribution in [2.75, 3.05) is 13.4 Å². The minimum Gasteiger partial charge on any atom is -0.454 e. The molecule has 0 bridgehead atoms. The van der Waals surface area contributed by atoms with E-state index in [1.165, 1.54) is 6.08 Å². The third kappa shape index (κ3) is 4.12. The van der Waals surface area contributed by atoms with E-state index in [0.717, 1.165) is 19.3 Å². The third-order valence-corrected chi connectivity index (χ3v) is 4.96. The standard InChI is InChI=1S/C19H22ClNO5/c1-12-4-3-5-13(2)21(12)17(22)10-24-18(23)7-6-14-8-15(20)19-16(9-14)25-11-26-19/h6-9,12-13H,3-5,10-11H2,1-2H3/b7-6+/t12-,13-/m1/s1. The van der Waals surface area contributed by atoms with E-state index in [2.05, 4.69) is 0 Å². The summed E-state index contributed by atoms with van der Waals surface area (Å²) in [7, 11) is 0. The van der Waals surface area contributed by atoms with Gasteiger partial charge in [0.25, 0.3) is 5.91 Å². The van der Waals surface area contributed by atoms with E-state index < -0.39 is 5.97 Å². The van der Waals surface area contributed by atoms with E-state index in [1.54, 1.807) is 18.2 Å². The molecule has 0 aromatic heterocycles. The Labute approximate surface area is 157 Å². The number of carbonyl (C=O) groups is 2. The molecule has 7 heteroatoms. The lowest BCUT2D eigenvalue weighted by Gasteiger charge is -2.38. The van der Waals surface area contributed by atoms with Crippen molar-refractivity contribution in [3.05, 3.63) is 28.8 Å². The van der Waals surface area contributed by atoms with E-state index in [4.69, 9.17) is 25.8 Å². The van der Waals surface area contributed by atoms with Crippen LogP contribution >= 0.6 is 11.6 Å². The highest BCUT2D eigenvalue weighted by Crippen LogP contribution is 2.40.